The maximum atomic E-state index is 12.5. The Labute approximate surface area is 544 Å². The van der Waals surface area contributed by atoms with Gasteiger partial charge in [0.25, 0.3) is 0 Å². The highest BCUT2D eigenvalue weighted by Crippen LogP contribution is 2.17. The molecule has 1 amide bonds. The molecule has 0 saturated heterocycles. The molecule has 89 heavy (non-hydrogen) atoms. The average molecular weight is 1350 g/mol. The Hall–Kier alpha value is -6.10. The van der Waals surface area contributed by atoms with E-state index < -0.39 is 67.3 Å². The molecule has 0 fully saturated rings. The largest absolute Gasteiger partial charge is 0.459 e. The lowest BCUT2D eigenvalue weighted by molar-refractivity contribution is -0.121. The molecular weight excluding hydrogens is 1250 g/mol. The Kier molecular flexibility index (Phi) is 74.8. The topological polar surface area (TPSA) is 264 Å². The lowest BCUT2D eigenvalue weighted by Gasteiger charge is -2.17. The monoisotopic (exact) mass is 1340 g/mol. The second-order valence-electron chi connectivity index (χ2n) is 16.9. The number of allylic oxidation sites excluding steroid dienone is 8. The van der Waals surface area contributed by atoms with Crippen LogP contribution in [-0.2, 0) is 100 Å². The van der Waals surface area contributed by atoms with Gasteiger partial charge in [-0.05, 0) is 127 Å². The van der Waals surface area contributed by atoms with Gasteiger partial charge in [0.1, 0.15) is 12.2 Å². The van der Waals surface area contributed by atoms with Crippen LogP contribution in [0.2, 0.25) is 0 Å². The maximum absolute atomic E-state index is 12.5. The van der Waals surface area contributed by atoms with Gasteiger partial charge in [-0.1, -0.05) is 88.1 Å². The lowest BCUT2D eigenvalue weighted by atomic mass is 10.1. The van der Waals surface area contributed by atoms with Gasteiger partial charge in [0.05, 0.1) is 55.0 Å². The summed E-state index contributed by atoms with van der Waals surface area (Å²) in [5.74, 6) is -0.583. The third-order valence-corrected chi connectivity index (χ3v) is 13.5. The first-order valence-electron chi connectivity index (χ1n) is 28.1. The van der Waals surface area contributed by atoms with Gasteiger partial charge >= 0.3 is 11.9 Å². The van der Waals surface area contributed by atoms with Gasteiger partial charge in [0.2, 0.25) is 39.1 Å². The second kappa shape index (κ2) is 72.6. The van der Waals surface area contributed by atoms with E-state index in [0.717, 1.165) is 121 Å². The first-order chi connectivity index (χ1) is 42.9. The molecule has 0 spiro atoms. The molecule has 5 atom stereocenters. The molecule has 1 aromatic rings. The predicted octanol–water partition coefficient (Wildman–Crippen LogP) is 13.0. The molecule has 0 aliphatic heterocycles. The Bertz CT molecular complexity index is 2140. The predicted molar refractivity (Wildman–Crippen MR) is 366 cm³/mol. The summed E-state index contributed by atoms with van der Waals surface area (Å²) in [5.41, 5.74) is 3.60. The summed E-state index contributed by atoms with van der Waals surface area (Å²) in [4.78, 5) is 41.2. The van der Waals surface area contributed by atoms with Crippen molar-refractivity contribution in [2.75, 3.05) is 44.8 Å². The van der Waals surface area contributed by atoms with E-state index in [0.29, 0.717) is 49.4 Å². The molecule has 3 N–H and O–H groups in total. The van der Waals surface area contributed by atoms with Gasteiger partial charge in [-0.3, -0.25) is 13.2 Å². The molecule has 5 unspecified atom stereocenters. The fourth-order valence-electron chi connectivity index (χ4n) is 5.64. The molecule has 25 heteroatoms. The normalized spacial score (nSPS) is 11.6. The summed E-state index contributed by atoms with van der Waals surface area (Å²) in [6.07, 6.45) is 30.4. The van der Waals surface area contributed by atoms with Crippen LogP contribution >= 0.6 is 0 Å². The van der Waals surface area contributed by atoms with Gasteiger partial charge in [-0.2, -0.15) is 0 Å². The van der Waals surface area contributed by atoms with E-state index in [1.807, 2.05) is 42.5 Å². The molecule has 504 valence electrons. The van der Waals surface area contributed by atoms with E-state index in [4.69, 9.17) is 18.5 Å². The number of aliphatic hydroxyl groups is 1. The number of aliphatic hydroxyl groups excluding tert-OH is 1. The number of hydroxylamine groups is 1. The number of amides is 1. The van der Waals surface area contributed by atoms with Crippen molar-refractivity contribution in [3.8, 4) is 0 Å². The number of unbranched alkanes of at least 4 members (excludes halogenated alkanes) is 1. The first-order valence-corrected chi connectivity index (χ1v) is 34.0. The zero-order valence-electron chi connectivity index (χ0n) is 51.9. The van der Waals surface area contributed by atoms with E-state index >= 15 is 0 Å². The average Bonchev–Trinajstić information content (AvgIpc) is 3.35. The molecule has 1 aromatic carbocycles. The quantitative estimate of drug-likeness (QED) is 0.0137. The van der Waals surface area contributed by atoms with Crippen LogP contribution in [0.4, 0.5) is 0 Å². The molecule has 0 aliphatic carbocycles. The van der Waals surface area contributed by atoms with Crippen LogP contribution in [0.5, 0.6) is 0 Å². The number of ether oxygens (including phenoxy) is 3. The van der Waals surface area contributed by atoms with E-state index in [1.165, 1.54) is 10.8 Å². The minimum Gasteiger partial charge on any atom is -0.459 e. The Morgan fingerprint density at radius 1 is 0.483 bits per heavy atom. The van der Waals surface area contributed by atoms with Crippen LogP contribution < -0.4 is 10.8 Å². The second-order valence-corrected chi connectivity index (χ2v) is 22.4. The smallest absolute Gasteiger partial charge is 0.338 e. The summed E-state index contributed by atoms with van der Waals surface area (Å²) in [7, 11) is 0. The molecule has 0 aliphatic rings. The molecule has 1 rings (SSSR count). The Morgan fingerprint density at radius 3 is 1.30 bits per heavy atom. The maximum Gasteiger partial charge on any atom is 0.338 e. The van der Waals surface area contributed by atoms with Gasteiger partial charge in [0.15, 0.2) is 34.9 Å². The fraction of sp³-hybridized carbons (Fsp3) is 0.422. The molecule has 0 heterocycles. The standard InChI is InChI=1S/C26H34O4.C12H22N2O2.C9H16O.C7H12O4S2.C6H10O5S2.C4H6O2S/c1-5-9-13-23(14-10-6-2)29-25(27)21-17-19-22(20-18-21)26(28)30-24(15-11-7-3)16-12-8-4;1-3-5-7-11-16-14-10-9-13-12(15)8-6-4-2;1-3-5-7-9(10)8-6-4-2;1-3-10-13(9)7-5-6-11-12(8)4-2;1-3-10-13(8)6-9-5-11-12(7)4-2;1-3-6-7(5)4-2/h5-8,17-20,23-24H,1-4,9-16H2;3-4,14H,1-2,5-11H2,(H,13,15);3-4,9-10H,1-2,5-8H2;3-4H,1-2,5-7H2;3-4H,1-2,5-6H2;3-4H,1-2H2. The highest BCUT2D eigenvalue weighted by Gasteiger charge is 2.18. The van der Waals surface area contributed by atoms with Crippen LogP contribution in [0.15, 0.2) is 200 Å². The van der Waals surface area contributed by atoms with Crippen molar-refractivity contribution < 1.29 is 80.5 Å². The minimum absolute atomic E-state index is 0.0494. The van der Waals surface area contributed by atoms with Gasteiger partial charge < -0.3 is 42.0 Å². The highest BCUT2D eigenvalue weighted by atomic mass is 32.2. The third kappa shape index (κ3) is 69.2. The fourth-order valence-corrected chi connectivity index (χ4v) is 7.50. The van der Waals surface area contributed by atoms with Crippen molar-refractivity contribution in [1.29, 1.82) is 0 Å². The van der Waals surface area contributed by atoms with Crippen LogP contribution in [-0.4, -0.2) is 107 Å². The van der Waals surface area contributed by atoms with Crippen LogP contribution in [0.1, 0.15) is 130 Å². The number of hydrogen-bond acceptors (Lipinski definition) is 19. The molecular formula is C64H100N2O18S5. The zero-order chi connectivity index (χ0) is 68.0. The summed E-state index contributed by atoms with van der Waals surface area (Å²) in [5, 5.41) is 15.5. The van der Waals surface area contributed by atoms with Gasteiger partial charge in [0, 0.05) is 35.7 Å². The summed E-state index contributed by atoms with van der Waals surface area (Å²) >= 11 is -7.33. The van der Waals surface area contributed by atoms with E-state index in [1.54, 1.807) is 30.3 Å². The minimum atomic E-state index is -1.58. The Morgan fingerprint density at radius 2 is 0.899 bits per heavy atom. The van der Waals surface area contributed by atoms with Gasteiger partial charge in [-0.25, -0.2) is 36.1 Å². The molecule has 0 bridgehead atoms. The van der Waals surface area contributed by atoms with Crippen molar-refractivity contribution in [3.63, 3.8) is 0 Å². The molecule has 0 saturated carbocycles. The van der Waals surface area contributed by atoms with E-state index in [9.17, 15) is 40.5 Å². The van der Waals surface area contributed by atoms with E-state index in [2.05, 4.69) is 124 Å². The van der Waals surface area contributed by atoms with Crippen molar-refractivity contribution in [2.45, 2.75) is 127 Å². The van der Waals surface area contributed by atoms with Crippen LogP contribution in [0.25, 0.3) is 0 Å². The molecule has 0 aromatic heterocycles. The number of hydrogen-bond donors (Lipinski definition) is 3. The van der Waals surface area contributed by atoms with Crippen molar-refractivity contribution in [2.24, 2.45) is 0 Å². The van der Waals surface area contributed by atoms with Crippen LogP contribution in [0.3, 0.4) is 0 Å². The number of carbonyl (C=O) groups is 3. The SMILES string of the molecule is C=CCCC(CCC=C)OC(=O)c1ccc(C(=O)OC(CCC=C)CCC=C)cc1.C=CCCC(O)CCC=C.C=CCCCONCCNC(=O)CCC=C.C=COS(=O)C=C.C=COS(=O)CCCOS(=O)C=C.C=COS(=O)COCOS(=O)C=C. The molecule has 0 radical (unpaired) electrons. The Balaban J connectivity index is -0.000000341. The van der Waals surface area contributed by atoms with Crippen LogP contribution in [0, 0.1) is 0 Å². The van der Waals surface area contributed by atoms with E-state index in [-0.39, 0.29) is 43.6 Å². The summed E-state index contributed by atoms with van der Waals surface area (Å²) < 4.78 is 91.3. The molecule has 20 nitrogen and oxygen atoms in total. The number of carbonyl (C=O) groups excluding carboxylic acids is 3. The number of nitrogens with one attached hydrogen (secondary N) is 2. The lowest BCUT2D eigenvalue weighted by Crippen LogP contribution is -2.31. The number of benzene rings is 1. The zero-order valence-corrected chi connectivity index (χ0v) is 56.0. The number of esters is 2. The number of rotatable bonds is 52. The highest BCUT2D eigenvalue weighted by molar-refractivity contribution is 7.83. The van der Waals surface area contributed by atoms with Crippen molar-refractivity contribution >= 4 is 73.2 Å². The summed E-state index contributed by atoms with van der Waals surface area (Å²) in [6.45, 7) is 50.5. The summed E-state index contributed by atoms with van der Waals surface area (Å²) in [6, 6.07) is 6.39. The van der Waals surface area contributed by atoms with Crippen molar-refractivity contribution in [1.82, 2.24) is 10.8 Å². The van der Waals surface area contributed by atoms with Gasteiger partial charge in [-0.15, -0.1) is 52.6 Å². The third-order valence-electron chi connectivity index (χ3n) is 9.97. The first kappa shape index (κ1) is 91.6. The van der Waals surface area contributed by atoms with Crippen molar-refractivity contribution in [3.05, 3.63) is 211 Å².